The molecule has 2 nitrogen and oxygen atoms in total. The van der Waals surface area contributed by atoms with E-state index in [9.17, 15) is 0 Å². The van der Waals surface area contributed by atoms with Crippen molar-refractivity contribution >= 4 is 22.9 Å². The first-order valence-corrected chi connectivity index (χ1v) is 5.95. The molecule has 4 heteroatoms. The van der Waals surface area contributed by atoms with E-state index in [-0.39, 0.29) is 0 Å². The van der Waals surface area contributed by atoms with Crippen molar-refractivity contribution in [3.8, 4) is 10.9 Å². The van der Waals surface area contributed by atoms with Gasteiger partial charge in [-0.05, 0) is 18.6 Å². The van der Waals surface area contributed by atoms with Gasteiger partial charge in [0.2, 0.25) is 0 Å². The first-order valence-electron chi connectivity index (χ1n) is 4.53. The number of para-hydroxylation sites is 1. The van der Waals surface area contributed by atoms with Crippen LogP contribution in [0.15, 0.2) is 29.6 Å². The first kappa shape index (κ1) is 10.5. The van der Waals surface area contributed by atoms with Crippen molar-refractivity contribution in [1.82, 2.24) is 4.98 Å². The molecule has 0 aliphatic heterocycles. The molecule has 1 aromatic heterocycles. The zero-order valence-electron chi connectivity index (χ0n) is 8.24. The summed E-state index contributed by atoms with van der Waals surface area (Å²) in [7, 11) is 0. The van der Waals surface area contributed by atoms with Crippen LogP contribution in [0, 0.1) is 6.92 Å². The Morgan fingerprint density at radius 1 is 1.40 bits per heavy atom. The lowest BCUT2D eigenvalue weighted by atomic mass is 10.2. The Bertz CT molecular complexity index is 455. The fourth-order valence-corrected chi connectivity index (χ4v) is 2.07. The Hall–Kier alpha value is -1.06. The van der Waals surface area contributed by atoms with Crippen molar-refractivity contribution in [3.05, 3.63) is 40.9 Å². The maximum Gasteiger partial charge on any atom is 0.278 e. The summed E-state index contributed by atoms with van der Waals surface area (Å²) in [4.78, 5) is 4.23. The molecule has 78 valence electrons. The Labute approximate surface area is 97.5 Å². The van der Waals surface area contributed by atoms with E-state index in [4.69, 9.17) is 16.3 Å². The van der Waals surface area contributed by atoms with Gasteiger partial charge in [0.15, 0.2) is 0 Å². The maximum absolute atomic E-state index is 5.66. The summed E-state index contributed by atoms with van der Waals surface area (Å²) in [6.45, 7) is 2.01. The number of alkyl halides is 1. The summed E-state index contributed by atoms with van der Waals surface area (Å²) in [6.07, 6.45) is 0. The van der Waals surface area contributed by atoms with E-state index in [2.05, 4.69) is 4.98 Å². The van der Waals surface area contributed by atoms with Gasteiger partial charge < -0.3 is 4.74 Å². The summed E-state index contributed by atoms with van der Waals surface area (Å²) in [5, 5.41) is 2.54. The van der Waals surface area contributed by atoms with Gasteiger partial charge in [-0.1, -0.05) is 29.5 Å². The van der Waals surface area contributed by atoms with Gasteiger partial charge in [0.25, 0.3) is 5.19 Å². The highest BCUT2D eigenvalue weighted by atomic mass is 35.5. The minimum atomic E-state index is 0.424. The number of hydrogen-bond donors (Lipinski definition) is 0. The molecule has 0 fully saturated rings. The van der Waals surface area contributed by atoms with Gasteiger partial charge in [-0.15, -0.1) is 11.6 Å². The number of thiazole rings is 1. The summed E-state index contributed by atoms with van der Waals surface area (Å²) in [5.74, 6) is 1.26. The van der Waals surface area contributed by atoms with Crippen molar-refractivity contribution in [2.24, 2.45) is 0 Å². The van der Waals surface area contributed by atoms with Gasteiger partial charge in [0.05, 0.1) is 11.6 Å². The van der Waals surface area contributed by atoms with Gasteiger partial charge in [-0.3, -0.25) is 0 Å². The van der Waals surface area contributed by atoms with Gasteiger partial charge in [0.1, 0.15) is 5.75 Å². The minimum absolute atomic E-state index is 0.424. The number of nitrogens with zero attached hydrogens (tertiary/aromatic N) is 1. The second kappa shape index (κ2) is 4.64. The van der Waals surface area contributed by atoms with Crippen LogP contribution in [0.3, 0.4) is 0 Å². The predicted molar refractivity (Wildman–Crippen MR) is 62.9 cm³/mol. The van der Waals surface area contributed by atoms with E-state index in [0.29, 0.717) is 11.1 Å². The Morgan fingerprint density at radius 2 is 2.20 bits per heavy atom. The van der Waals surface area contributed by atoms with E-state index < -0.39 is 0 Å². The number of rotatable bonds is 3. The lowest BCUT2D eigenvalue weighted by Crippen LogP contribution is -1.86. The molecular formula is C11H10ClNOS. The van der Waals surface area contributed by atoms with Crippen molar-refractivity contribution in [1.29, 1.82) is 0 Å². The highest BCUT2D eigenvalue weighted by Crippen LogP contribution is 2.27. The van der Waals surface area contributed by atoms with Crippen LogP contribution in [0.2, 0.25) is 0 Å². The molecular weight excluding hydrogens is 230 g/mol. The molecule has 0 unspecified atom stereocenters. The predicted octanol–water partition coefficient (Wildman–Crippen LogP) is 3.98. The highest BCUT2D eigenvalue weighted by molar-refractivity contribution is 7.11. The monoisotopic (exact) mass is 239 g/mol. The summed E-state index contributed by atoms with van der Waals surface area (Å²) >= 11 is 7.12. The average molecular weight is 240 g/mol. The SMILES string of the molecule is Cc1ccccc1Oc1nc(CCl)cs1. The molecule has 0 spiro atoms. The quantitative estimate of drug-likeness (QED) is 0.756. The van der Waals surface area contributed by atoms with Crippen LogP contribution in [-0.4, -0.2) is 4.98 Å². The van der Waals surface area contributed by atoms with Gasteiger partial charge >= 0.3 is 0 Å². The third-order valence-electron chi connectivity index (χ3n) is 1.96. The second-order valence-corrected chi connectivity index (χ2v) is 4.19. The van der Waals surface area contributed by atoms with E-state index in [0.717, 1.165) is 17.0 Å². The van der Waals surface area contributed by atoms with Crippen LogP contribution >= 0.6 is 22.9 Å². The Morgan fingerprint density at radius 3 is 2.87 bits per heavy atom. The standard InChI is InChI=1S/C11H10ClNOS/c1-8-4-2-3-5-10(8)14-11-13-9(6-12)7-15-11/h2-5,7H,6H2,1H3. The van der Waals surface area contributed by atoms with Gasteiger partial charge in [-0.25, -0.2) is 4.98 Å². The molecule has 1 heterocycles. The minimum Gasteiger partial charge on any atom is -0.431 e. The highest BCUT2D eigenvalue weighted by Gasteiger charge is 2.04. The van der Waals surface area contributed by atoms with Crippen molar-refractivity contribution in [2.45, 2.75) is 12.8 Å². The number of hydrogen-bond acceptors (Lipinski definition) is 3. The van der Waals surface area contributed by atoms with Crippen LogP contribution in [0.1, 0.15) is 11.3 Å². The lowest BCUT2D eigenvalue weighted by Gasteiger charge is -2.03. The molecule has 0 bridgehead atoms. The van der Waals surface area contributed by atoms with Crippen molar-refractivity contribution in [2.75, 3.05) is 0 Å². The maximum atomic E-state index is 5.66. The third kappa shape index (κ3) is 2.49. The molecule has 0 amide bonds. The Balaban J connectivity index is 2.18. The van der Waals surface area contributed by atoms with Crippen LogP contribution in [-0.2, 0) is 5.88 Å². The van der Waals surface area contributed by atoms with Gasteiger partial charge in [-0.2, -0.15) is 0 Å². The van der Waals surface area contributed by atoms with E-state index in [1.165, 1.54) is 11.3 Å². The van der Waals surface area contributed by atoms with Crippen LogP contribution in [0.5, 0.6) is 10.9 Å². The smallest absolute Gasteiger partial charge is 0.278 e. The molecule has 2 aromatic rings. The molecule has 1 aromatic carbocycles. The topological polar surface area (TPSA) is 22.1 Å². The molecule has 0 aliphatic rings. The first-order chi connectivity index (χ1) is 7.29. The largest absolute Gasteiger partial charge is 0.431 e. The fraction of sp³-hybridized carbons (Fsp3) is 0.182. The number of benzene rings is 1. The zero-order chi connectivity index (χ0) is 10.7. The normalized spacial score (nSPS) is 10.3. The summed E-state index contributed by atoms with van der Waals surface area (Å²) in [6, 6.07) is 7.86. The van der Waals surface area contributed by atoms with Crippen LogP contribution < -0.4 is 4.74 Å². The lowest BCUT2D eigenvalue weighted by molar-refractivity contribution is 0.474. The summed E-state index contributed by atoms with van der Waals surface area (Å²) in [5.41, 5.74) is 1.95. The van der Waals surface area contributed by atoms with Crippen LogP contribution in [0.4, 0.5) is 0 Å². The molecule has 2 rings (SSSR count). The zero-order valence-corrected chi connectivity index (χ0v) is 9.81. The van der Waals surface area contributed by atoms with Crippen LogP contribution in [0.25, 0.3) is 0 Å². The number of ether oxygens (including phenoxy) is 1. The summed E-state index contributed by atoms with van der Waals surface area (Å²) < 4.78 is 5.64. The van der Waals surface area contributed by atoms with Crippen molar-refractivity contribution < 1.29 is 4.74 Å². The molecule has 0 radical (unpaired) electrons. The molecule has 0 N–H and O–H groups in total. The molecule has 0 saturated heterocycles. The second-order valence-electron chi connectivity index (χ2n) is 3.11. The average Bonchev–Trinajstić information content (AvgIpc) is 2.69. The van der Waals surface area contributed by atoms with Crippen molar-refractivity contribution in [3.63, 3.8) is 0 Å². The molecule has 15 heavy (non-hydrogen) atoms. The van der Waals surface area contributed by atoms with Gasteiger partial charge in [0, 0.05) is 5.38 Å². The molecule has 0 aliphatic carbocycles. The van der Waals surface area contributed by atoms with E-state index in [1.807, 2.05) is 36.6 Å². The fourth-order valence-electron chi connectivity index (χ4n) is 1.16. The third-order valence-corrected chi connectivity index (χ3v) is 3.00. The number of aryl methyl sites for hydroxylation is 1. The van der Waals surface area contributed by atoms with E-state index in [1.54, 1.807) is 0 Å². The Kier molecular flexibility index (Phi) is 3.23. The van der Waals surface area contributed by atoms with E-state index >= 15 is 0 Å². The number of aromatic nitrogens is 1. The molecule has 0 atom stereocenters. The molecule has 0 saturated carbocycles. The number of halogens is 1.